The van der Waals surface area contributed by atoms with Gasteiger partial charge in [0.25, 0.3) is 0 Å². The molecule has 0 aliphatic carbocycles. The van der Waals surface area contributed by atoms with Crippen molar-refractivity contribution in [1.82, 2.24) is 4.90 Å². The summed E-state index contributed by atoms with van der Waals surface area (Å²) in [5, 5.41) is 8.74. The number of aliphatic hydroxyl groups excluding tert-OH is 1. The van der Waals surface area contributed by atoms with Crippen molar-refractivity contribution < 1.29 is 14.6 Å². The van der Waals surface area contributed by atoms with E-state index in [9.17, 15) is 0 Å². The quantitative estimate of drug-likeness (QED) is 0.523. The lowest BCUT2D eigenvalue weighted by Crippen LogP contribution is -2.30. The third-order valence-corrected chi connectivity index (χ3v) is 2.05. The summed E-state index contributed by atoms with van der Waals surface area (Å²) in [7, 11) is 1.69. The van der Waals surface area contributed by atoms with Gasteiger partial charge in [0.15, 0.2) is 0 Å². The van der Waals surface area contributed by atoms with Gasteiger partial charge in [-0.1, -0.05) is 6.92 Å². The minimum Gasteiger partial charge on any atom is -0.395 e. The summed E-state index contributed by atoms with van der Waals surface area (Å²) in [5.74, 6) is 0. The van der Waals surface area contributed by atoms with Gasteiger partial charge in [-0.25, -0.2) is 0 Å². The molecule has 0 aliphatic heterocycles. The minimum absolute atomic E-state index is 0.220. The van der Waals surface area contributed by atoms with Crippen LogP contribution in [0.5, 0.6) is 0 Å². The molecule has 0 unspecified atom stereocenters. The maximum absolute atomic E-state index is 8.74. The number of hydrogen-bond acceptors (Lipinski definition) is 4. The van der Waals surface area contributed by atoms with Gasteiger partial charge in [-0.2, -0.15) is 0 Å². The van der Waals surface area contributed by atoms with Crippen LogP contribution in [0.15, 0.2) is 0 Å². The highest BCUT2D eigenvalue weighted by atomic mass is 16.5. The average molecular weight is 205 g/mol. The number of nitrogens with zero attached hydrogens (tertiary/aromatic N) is 1. The Morgan fingerprint density at radius 2 is 1.93 bits per heavy atom. The third kappa shape index (κ3) is 8.44. The van der Waals surface area contributed by atoms with E-state index in [2.05, 4.69) is 11.8 Å². The van der Waals surface area contributed by atoms with Gasteiger partial charge in [0, 0.05) is 33.4 Å². The Hall–Kier alpha value is -0.160. The van der Waals surface area contributed by atoms with E-state index in [0.717, 1.165) is 45.9 Å². The van der Waals surface area contributed by atoms with Crippen LogP contribution in [-0.2, 0) is 9.47 Å². The Balaban J connectivity index is 3.15. The van der Waals surface area contributed by atoms with Gasteiger partial charge in [-0.15, -0.1) is 0 Å². The smallest absolute Gasteiger partial charge is 0.0593 e. The van der Waals surface area contributed by atoms with Gasteiger partial charge in [-0.05, 0) is 13.0 Å². The van der Waals surface area contributed by atoms with Crippen molar-refractivity contribution in [2.45, 2.75) is 13.3 Å². The van der Waals surface area contributed by atoms with E-state index in [1.807, 2.05) is 0 Å². The lowest BCUT2D eigenvalue weighted by molar-refractivity contribution is 0.0803. The molecule has 0 aromatic carbocycles. The summed E-state index contributed by atoms with van der Waals surface area (Å²) >= 11 is 0. The van der Waals surface area contributed by atoms with Crippen molar-refractivity contribution in [1.29, 1.82) is 0 Å². The number of ether oxygens (including phenoxy) is 2. The molecule has 0 rings (SSSR count). The fourth-order valence-electron chi connectivity index (χ4n) is 1.17. The average Bonchev–Trinajstić information content (AvgIpc) is 2.21. The standard InChI is InChI=1S/C10H23NO3/c1-3-11(5-7-12)6-10-14-9-4-8-13-2/h12H,3-10H2,1-2H3. The first-order valence-electron chi connectivity index (χ1n) is 5.25. The lowest BCUT2D eigenvalue weighted by Gasteiger charge is -2.18. The van der Waals surface area contributed by atoms with Crippen molar-refractivity contribution in [2.75, 3.05) is 53.2 Å². The predicted octanol–water partition coefficient (Wildman–Crippen LogP) is 0.354. The van der Waals surface area contributed by atoms with Gasteiger partial charge >= 0.3 is 0 Å². The SMILES string of the molecule is CCN(CCO)CCOCCCOC. The molecule has 0 fully saturated rings. The zero-order valence-electron chi connectivity index (χ0n) is 9.37. The summed E-state index contributed by atoms with van der Waals surface area (Å²) in [6.45, 7) is 7.14. The van der Waals surface area contributed by atoms with Crippen LogP contribution in [-0.4, -0.2) is 63.2 Å². The van der Waals surface area contributed by atoms with Gasteiger partial charge < -0.3 is 14.6 Å². The molecular weight excluding hydrogens is 182 g/mol. The first-order valence-corrected chi connectivity index (χ1v) is 5.25. The number of aliphatic hydroxyl groups is 1. The van der Waals surface area contributed by atoms with Crippen molar-refractivity contribution in [3.05, 3.63) is 0 Å². The molecule has 4 heteroatoms. The van der Waals surface area contributed by atoms with E-state index in [4.69, 9.17) is 14.6 Å². The van der Waals surface area contributed by atoms with Gasteiger partial charge in [-0.3, -0.25) is 4.90 Å². The monoisotopic (exact) mass is 205 g/mol. The summed E-state index contributed by atoms with van der Waals surface area (Å²) < 4.78 is 10.3. The Morgan fingerprint density at radius 3 is 2.50 bits per heavy atom. The normalized spacial score (nSPS) is 11.1. The molecule has 0 spiro atoms. The third-order valence-electron chi connectivity index (χ3n) is 2.05. The van der Waals surface area contributed by atoms with E-state index in [-0.39, 0.29) is 6.61 Å². The van der Waals surface area contributed by atoms with Crippen molar-refractivity contribution >= 4 is 0 Å². The number of methoxy groups -OCH3 is 1. The zero-order valence-corrected chi connectivity index (χ0v) is 9.37. The number of likely N-dealkylation sites (N-methyl/N-ethyl adjacent to an activating group) is 1. The van der Waals surface area contributed by atoms with Crippen LogP contribution in [0.2, 0.25) is 0 Å². The molecule has 0 amide bonds. The first kappa shape index (κ1) is 13.8. The number of rotatable bonds is 10. The molecule has 0 aromatic heterocycles. The van der Waals surface area contributed by atoms with Gasteiger partial charge in [0.1, 0.15) is 0 Å². The van der Waals surface area contributed by atoms with Crippen LogP contribution in [0, 0.1) is 0 Å². The summed E-state index contributed by atoms with van der Waals surface area (Å²) in [5.41, 5.74) is 0. The molecule has 0 saturated carbocycles. The van der Waals surface area contributed by atoms with Crippen molar-refractivity contribution in [3.63, 3.8) is 0 Å². The van der Waals surface area contributed by atoms with Crippen LogP contribution in [0.4, 0.5) is 0 Å². The molecule has 0 atom stereocenters. The molecule has 0 aliphatic rings. The molecule has 0 aromatic rings. The van der Waals surface area contributed by atoms with Crippen molar-refractivity contribution in [2.24, 2.45) is 0 Å². The highest BCUT2D eigenvalue weighted by molar-refractivity contribution is 4.52. The van der Waals surface area contributed by atoms with Gasteiger partial charge in [0.05, 0.1) is 13.2 Å². The van der Waals surface area contributed by atoms with Gasteiger partial charge in [0.2, 0.25) is 0 Å². The van der Waals surface area contributed by atoms with E-state index >= 15 is 0 Å². The maximum Gasteiger partial charge on any atom is 0.0593 e. The highest BCUT2D eigenvalue weighted by Crippen LogP contribution is 1.89. The molecule has 86 valence electrons. The molecule has 1 N–H and O–H groups in total. The predicted molar refractivity (Wildman–Crippen MR) is 56.5 cm³/mol. The molecule has 14 heavy (non-hydrogen) atoms. The van der Waals surface area contributed by atoms with Crippen LogP contribution < -0.4 is 0 Å². The van der Waals surface area contributed by atoms with E-state index in [1.165, 1.54) is 0 Å². The summed E-state index contributed by atoms with van der Waals surface area (Å²) in [6.07, 6.45) is 0.947. The number of hydrogen-bond donors (Lipinski definition) is 1. The van der Waals surface area contributed by atoms with Crippen LogP contribution in [0.1, 0.15) is 13.3 Å². The van der Waals surface area contributed by atoms with Crippen LogP contribution in [0.25, 0.3) is 0 Å². The summed E-state index contributed by atoms with van der Waals surface area (Å²) in [4.78, 5) is 2.16. The largest absolute Gasteiger partial charge is 0.395 e. The summed E-state index contributed by atoms with van der Waals surface area (Å²) in [6, 6.07) is 0. The van der Waals surface area contributed by atoms with Crippen LogP contribution in [0.3, 0.4) is 0 Å². The van der Waals surface area contributed by atoms with E-state index in [0.29, 0.717) is 0 Å². The Kier molecular flexibility index (Phi) is 10.8. The fourth-order valence-corrected chi connectivity index (χ4v) is 1.17. The highest BCUT2D eigenvalue weighted by Gasteiger charge is 1.99. The molecular formula is C10H23NO3. The molecule has 0 heterocycles. The molecule has 0 bridgehead atoms. The fraction of sp³-hybridized carbons (Fsp3) is 1.00. The molecule has 0 saturated heterocycles. The maximum atomic E-state index is 8.74. The molecule has 0 radical (unpaired) electrons. The van der Waals surface area contributed by atoms with Crippen molar-refractivity contribution in [3.8, 4) is 0 Å². The van der Waals surface area contributed by atoms with Crippen LogP contribution >= 0.6 is 0 Å². The second kappa shape index (κ2) is 10.9. The Morgan fingerprint density at radius 1 is 1.14 bits per heavy atom. The minimum atomic E-state index is 0.220. The topological polar surface area (TPSA) is 41.9 Å². The lowest BCUT2D eigenvalue weighted by atomic mass is 10.4. The second-order valence-corrected chi connectivity index (χ2v) is 3.12. The second-order valence-electron chi connectivity index (χ2n) is 3.12. The molecule has 4 nitrogen and oxygen atoms in total. The van der Waals surface area contributed by atoms with E-state index < -0.39 is 0 Å². The van der Waals surface area contributed by atoms with E-state index in [1.54, 1.807) is 7.11 Å². The Labute approximate surface area is 86.8 Å². The first-order chi connectivity index (χ1) is 6.85. The zero-order chi connectivity index (χ0) is 10.6. The Bertz CT molecular complexity index is 112.